The molecule has 0 aliphatic carbocycles. The number of nitrogens with zero attached hydrogens (tertiary/aromatic N) is 2. The Morgan fingerprint density at radius 2 is 1.85 bits per heavy atom. The van der Waals surface area contributed by atoms with Gasteiger partial charge in [-0.15, -0.1) is 11.6 Å². The van der Waals surface area contributed by atoms with E-state index in [1.165, 1.54) is 18.2 Å². The number of halogens is 5. The minimum absolute atomic E-state index is 0.0366. The normalized spacial score (nSPS) is 11.4. The van der Waals surface area contributed by atoms with Crippen LogP contribution in [0.15, 0.2) is 30.6 Å². The molecule has 0 atom stereocenters. The number of rotatable bonds is 3. The Kier molecular flexibility index (Phi) is 4.35. The van der Waals surface area contributed by atoms with Gasteiger partial charge in [-0.3, -0.25) is 0 Å². The SMILES string of the molecule is FC(F)(F)c1ccccc1Oc1ncnc(Cl)c1CCl. The van der Waals surface area contributed by atoms with E-state index in [2.05, 4.69) is 9.97 Å². The molecule has 106 valence electrons. The van der Waals surface area contributed by atoms with Crippen molar-refractivity contribution in [1.29, 1.82) is 0 Å². The molecule has 0 spiro atoms. The van der Waals surface area contributed by atoms with Gasteiger partial charge in [-0.25, -0.2) is 9.97 Å². The minimum atomic E-state index is -4.53. The third-order valence-electron chi connectivity index (χ3n) is 2.39. The molecular formula is C12H7Cl2F3N2O. The lowest BCUT2D eigenvalue weighted by Gasteiger charge is -2.14. The van der Waals surface area contributed by atoms with Crippen molar-refractivity contribution >= 4 is 23.2 Å². The topological polar surface area (TPSA) is 35.0 Å². The van der Waals surface area contributed by atoms with Crippen LogP contribution in [-0.2, 0) is 12.1 Å². The summed E-state index contributed by atoms with van der Waals surface area (Å²) in [6, 6.07) is 4.80. The first kappa shape index (κ1) is 14.9. The van der Waals surface area contributed by atoms with E-state index in [-0.39, 0.29) is 28.2 Å². The van der Waals surface area contributed by atoms with Gasteiger partial charge in [0.05, 0.1) is 17.0 Å². The van der Waals surface area contributed by atoms with Crippen LogP contribution in [0.2, 0.25) is 5.15 Å². The number of aromatic nitrogens is 2. The maximum Gasteiger partial charge on any atom is 0.419 e. The van der Waals surface area contributed by atoms with Gasteiger partial charge in [0.2, 0.25) is 5.88 Å². The Labute approximate surface area is 122 Å². The lowest BCUT2D eigenvalue weighted by Crippen LogP contribution is -2.07. The van der Waals surface area contributed by atoms with Crippen LogP contribution in [0.4, 0.5) is 13.2 Å². The van der Waals surface area contributed by atoms with Crippen LogP contribution in [-0.4, -0.2) is 9.97 Å². The van der Waals surface area contributed by atoms with Gasteiger partial charge in [0.25, 0.3) is 0 Å². The molecule has 8 heteroatoms. The van der Waals surface area contributed by atoms with E-state index in [9.17, 15) is 13.2 Å². The van der Waals surface area contributed by atoms with Crippen LogP contribution in [0, 0.1) is 0 Å². The van der Waals surface area contributed by atoms with Gasteiger partial charge in [0.1, 0.15) is 17.2 Å². The second-order valence-corrected chi connectivity index (χ2v) is 4.30. The molecule has 1 heterocycles. The molecule has 2 aromatic rings. The molecule has 0 aliphatic rings. The number of para-hydroxylation sites is 1. The van der Waals surface area contributed by atoms with E-state index in [1.54, 1.807) is 0 Å². The van der Waals surface area contributed by atoms with Crippen molar-refractivity contribution in [3.05, 3.63) is 46.9 Å². The summed E-state index contributed by atoms with van der Waals surface area (Å²) in [6.45, 7) is 0. The van der Waals surface area contributed by atoms with Crippen molar-refractivity contribution in [2.24, 2.45) is 0 Å². The molecule has 20 heavy (non-hydrogen) atoms. The average molecular weight is 323 g/mol. The van der Waals surface area contributed by atoms with E-state index in [1.807, 2.05) is 0 Å². The molecule has 0 amide bonds. The van der Waals surface area contributed by atoms with Crippen molar-refractivity contribution in [2.75, 3.05) is 0 Å². The highest BCUT2D eigenvalue weighted by atomic mass is 35.5. The van der Waals surface area contributed by atoms with Gasteiger partial charge in [-0.2, -0.15) is 13.2 Å². The molecule has 0 N–H and O–H groups in total. The molecule has 0 saturated heterocycles. The number of hydrogen-bond acceptors (Lipinski definition) is 3. The zero-order valence-electron chi connectivity index (χ0n) is 9.79. The summed E-state index contributed by atoms with van der Waals surface area (Å²) >= 11 is 11.5. The molecule has 1 aromatic heterocycles. The van der Waals surface area contributed by atoms with Crippen molar-refractivity contribution < 1.29 is 17.9 Å². The quantitative estimate of drug-likeness (QED) is 0.608. The maximum absolute atomic E-state index is 12.8. The van der Waals surface area contributed by atoms with Crippen LogP contribution in [0.3, 0.4) is 0 Å². The minimum Gasteiger partial charge on any atom is -0.438 e. The number of ether oxygens (including phenoxy) is 1. The van der Waals surface area contributed by atoms with E-state index in [4.69, 9.17) is 27.9 Å². The van der Waals surface area contributed by atoms with Crippen molar-refractivity contribution in [1.82, 2.24) is 9.97 Å². The summed E-state index contributed by atoms with van der Waals surface area (Å²) in [5.41, 5.74) is -0.678. The summed E-state index contributed by atoms with van der Waals surface area (Å²) in [7, 11) is 0. The van der Waals surface area contributed by atoms with Gasteiger partial charge in [0.15, 0.2) is 0 Å². The molecule has 1 aromatic carbocycles. The largest absolute Gasteiger partial charge is 0.438 e. The first-order valence-electron chi connectivity index (χ1n) is 5.33. The molecule has 0 aliphatic heterocycles. The fraction of sp³-hybridized carbons (Fsp3) is 0.167. The third kappa shape index (κ3) is 3.13. The van der Waals surface area contributed by atoms with Crippen LogP contribution >= 0.6 is 23.2 Å². The maximum atomic E-state index is 12.8. The van der Waals surface area contributed by atoms with Crippen molar-refractivity contribution in [3.8, 4) is 11.6 Å². The zero-order chi connectivity index (χ0) is 14.8. The third-order valence-corrected chi connectivity index (χ3v) is 2.98. The molecular weight excluding hydrogens is 316 g/mol. The highest BCUT2D eigenvalue weighted by Gasteiger charge is 2.34. The van der Waals surface area contributed by atoms with Crippen LogP contribution in [0.1, 0.15) is 11.1 Å². The monoisotopic (exact) mass is 322 g/mol. The van der Waals surface area contributed by atoms with Crippen LogP contribution in [0.25, 0.3) is 0 Å². The van der Waals surface area contributed by atoms with Crippen molar-refractivity contribution in [2.45, 2.75) is 12.1 Å². The highest BCUT2D eigenvalue weighted by Crippen LogP contribution is 2.38. The van der Waals surface area contributed by atoms with Crippen molar-refractivity contribution in [3.63, 3.8) is 0 Å². The lowest BCUT2D eigenvalue weighted by atomic mass is 10.2. The fourth-order valence-electron chi connectivity index (χ4n) is 1.47. The molecule has 0 unspecified atom stereocenters. The van der Waals surface area contributed by atoms with E-state index >= 15 is 0 Å². The molecule has 0 fully saturated rings. The average Bonchev–Trinajstić information content (AvgIpc) is 2.38. The van der Waals surface area contributed by atoms with E-state index in [0.717, 1.165) is 12.4 Å². The predicted octanol–water partition coefficient (Wildman–Crippen LogP) is 4.68. The number of hydrogen-bond donors (Lipinski definition) is 0. The fourth-order valence-corrected chi connectivity index (χ4v) is 1.97. The number of alkyl halides is 4. The van der Waals surface area contributed by atoms with Crippen LogP contribution < -0.4 is 4.74 Å². The molecule has 0 bridgehead atoms. The Morgan fingerprint density at radius 1 is 1.15 bits per heavy atom. The Hall–Kier alpha value is -1.53. The van der Waals surface area contributed by atoms with Crippen LogP contribution in [0.5, 0.6) is 11.6 Å². The van der Waals surface area contributed by atoms with E-state index < -0.39 is 11.7 Å². The van der Waals surface area contributed by atoms with Gasteiger partial charge in [-0.1, -0.05) is 23.7 Å². The summed E-state index contributed by atoms with van der Waals surface area (Å²) < 4.78 is 43.7. The Morgan fingerprint density at radius 3 is 2.50 bits per heavy atom. The molecule has 2 rings (SSSR count). The molecule has 0 saturated carbocycles. The van der Waals surface area contributed by atoms with Gasteiger partial charge < -0.3 is 4.74 Å². The van der Waals surface area contributed by atoms with Gasteiger partial charge in [-0.05, 0) is 12.1 Å². The highest BCUT2D eigenvalue weighted by molar-refractivity contribution is 6.31. The summed E-state index contributed by atoms with van der Waals surface area (Å²) in [4.78, 5) is 7.45. The molecule has 0 radical (unpaired) electrons. The summed E-state index contributed by atoms with van der Waals surface area (Å²) in [5.74, 6) is -0.554. The predicted molar refractivity (Wildman–Crippen MR) is 68.1 cm³/mol. The van der Waals surface area contributed by atoms with E-state index in [0.29, 0.717) is 0 Å². The Bertz CT molecular complexity index is 620. The zero-order valence-corrected chi connectivity index (χ0v) is 11.3. The number of benzene rings is 1. The first-order valence-corrected chi connectivity index (χ1v) is 6.24. The molecule has 3 nitrogen and oxygen atoms in total. The summed E-state index contributed by atoms with van der Waals surface area (Å²) in [5, 5.41) is 0.0366. The Balaban J connectivity index is 2.44. The second kappa shape index (κ2) is 5.85. The lowest BCUT2D eigenvalue weighted by molar-refractivity contribution is -0.138. The second-order valence-electron chi connectivity index (χ2n) is 3.68. The first-order chi connectivity index (χ1) is 9.43. The van der Waals surface area contributed by atoms with Gasteiger partial charge >= 0.3 is 6.18 Å². The van der Waals surface area contributed by atoms with Gasteiger partial charge in [0, 0.05) is 0 Å². The summed E-state index contributed by atoms with van der Waals surface area (Å²) in [6.07, 6.45) is -3.45. The smallest absolute Gasteiger partial charge is 0.419 e. The standard InChI is InChI=1S/C12H7Cl2F3N2O/c13-5-7-10(14)18-6-19-11(7)20-9-4-2-1-3-8(9)12(15,16)17/h1-4,6H,5H2.